The number of aromatic nitrogens is 2. The summed E-state index contributed by atoms with van der Waals surface area (Å²) in [5.41, 5.74) is 4.89. The van der Waals surface area contributed by atoms with Gasteiger partial charge in [-0.3, -0.25) is 9.67 Å². The van der Waals surface area contributed by atoms with Crippen molar-refractivity contribution < 1.29 is 0 Å². The molecule has 0 aliphatic heterocycles. The van der Waals surface area contributed by atoms with Crippen LogP contribution in [0, 0.1) is 0 Å². The Morgan fingerprint density at radius 3 is 2.60 bits per heavy atom. The largest absolute Gasteiger partial charge is 0.307 e. The van der Waals surface area contributed by atoms with Crippen molar-refractivity contribution in [1.29, 1.82) is 0 Å². The molecule has 1 aliphatic rings. The Morgan fingerprint density at radius 1 is 1.35 bits per heavy atom. The van der Waals surface area contributed by atoms with E-state index in [1.54, 1.807) is 0 Å². The van der Waals surface area contributed by atoms with Gasteiger partial charge in [-0.25, -0.2) is 5.84 Å². The number of aliphatic imine (C=N–C) groups is 1. The van der Waals surface area contributed by atoms with E-state index < -0.39 is 0 Å². The lowest BCUT2D eigenvalue weighted by molar-refractivity contribution is 0.580. The fourth-order valence-electron chi connectivity index (χ4n) is 2.82. The first-order chi connectivity index (χ1) is 9.78. The molecule has 20 heavy (non-hydrogen) atoms. The van der Waals surface area contributed by atoms with Gasteiger partial charge in [-0.15, -0.1) is 0 Å². The highest BCUT2D eigenvalue weighted by Crippen LogP contribution is 2.20. The molecule has 1 saturated carbocycles. The van der Waals surface area contributed by atoms with Crippen LogP contribution in [0.4, 0.5) is 0 Å². The molecule has 5 nitrogen and oxygen atoms in total. The summed E-state index contributed by atoms with van der Waals surface area (Å²) in [4.78, 5) is 4.86. The Bertz CT molecular complexity index is 441. The number of rotatable bonds is 4. The number of nitrogens with two attached hydrogens (primary N) is 1. The first kappa shape index (κ1) is 15.0. The van der Waals surface area contributed by atoms with Crippen molar-refractivity contribution in [2.24, 2.45) is 10.8 Å². The summed E-state index contributed by atoms with van der Waals surface area (Å²) in [5, 5.41) is 4.57. The van der Waals surface area contributed by atoms with E-state index in [9.17, 15) is 0 Å². The van der Waals surface area contributed by atoms with E-state index in [1.165, 1.54) is 38.5 Å². The Morgan fingerprint density at radius 2 is 2.05 bits per heavy atom. The highest BCUT2D eigenvalue weighted by atomic mass is 15.3. The van der Waals surface area contributed by atoms with Crippen LogP contribution in [0.2, 0.25) is 0 Å². The molecule has 1 aromatic heterocycles. The van der Waals surface area contributed by atoms with E-state index in [1.807, 2.05) is 4.68 Å². The molecule has 0 radical (unpaired) electrons. The Labute approximate surface area is 121 Å². The van der Waals surface area contributed by atoms with Gasteiger partial charge >= 0.3 is 0 Å². The molecule has 0 spiro atoms. The van der Waals surface area contributed by atoms with E-state index in [0.29, 0.717) is 6.04 Å². The number of hydrazine groups is 1. The number of amidine groups is 1. The summed E-state index contributed by atoms with van der Waals surface area (Å²) in [6, 6.07) is 2.49. The minimum atomic E-state index is 0.397. The second-order valence-electron chi connectivity index (χ2n) is 5.46. The van der Waals surface area contributed by atoms with Gasteiger partial charge < -0.3 is 5.43 Å². The van der Waals surface area contributed by atoms with Gasteiger partial charge in [0.25, 0.3) is 0 Å². The van der Waals surface area contributed by atoms with E-state index in [-0.39, 0.29) is 0 Å². The van der Waals surface area contributed by atoms with Gasteiger partial charge in [-0.1, -0.05) is 32.6 Å². The zero-order valence-corrected chi connectivity index (χ0v) is 12.7. The third-order valence-corrected chi connectivity index (χ3v) is 4.01. The highest BCUT2D eigenvalue weighted by molar-refractivity contribution is 5.97. The Kier molecular flexibility index (Phi) is 5.59. The molecule has 0 bridgehead atoms. The van der Waals surface area contributed by atoms with Crippen LogP contribution in [0.25, 0.3) is 0 Å². The molecule has 3 N–H and O–H groups in total. The predicted molar refractivity (Wildman–Crippen MR) is 82.6 cm³/mol. The van der Waals surface area contributed by atoms with Gasteiger partial charge in [0.15, 0.2) is 5.84 Å². The quantitative estimate of drug-likeness (QED) is 0.292. The first-order valence-corrected chi connectivity index (χ1v) is 7.90. The fourth-order valence-corrected chi connectivity index (χ4v) is 2.82. The van der Waals surface area contributed by atoms with Crippen LogP contribution in [-0.4, -0.2) is 21.7 Å². The van der Waals surface area contributed by atoms with Crippen LogP contribution < -0.4 is 11.3 Å². The van der Waals surface area contributed by atoms with Gasteiger partial charge in [-0.05, 0) is 32.3 Å². The average Bonchev–Trinajstić information content (AvgIpc) is 2.73. The second kappa shape index (κ2) is 7.43. The first-order valence-electron chi connectivity index (χ1n) is 7.90. The SMILES string of the molecule is CCc1cc(C(=NC2CCCCCC2)NN)n(CC)n1. The maximum absolute atomic E-state index is 5.71. The van der Waals surface area contributed by atoms with Gasteiger partial charge in [0.2, 0.25) is 0 Å². The molecular formula is C15H27N5. The molecule has 112 valence electrons. The fraction of sp³-hybridized carbons (Fsp3) is 0.733. The van der Waals surface area contributed by atoms with Crippen molar-refractivity contribution in [3.8, 4) is 0 Å². The third-order valence-electron chi connectivity index (χ3n) is 4.01. The minimum Gasteiger partial charge on any atom is -0.307 e. The zero-order chi connectivity index (χ0) is 14.4. The number of aryl methyl sites for hydroxylation is 2. The molecule has 1 fully saturated rings. The molecule has 1 heterocycles. The lowest BCUT2D eigenvalue weighted by Gasteiger charge is -2.13. The van der Waals surface area contributed by atoms with E-state index in [2.05, 4.69) is 30.4 Å². The maximum atomic E-state index is 5.71. The van der Waals surface area contributed by atoms with Crippen LogP contribution in [0.1, 0.15) is 63.8 Å². The molecule has 0 unspecified atom stereocenters. The van der Waals surface area contributed by atoms with Gasteiger partial charge in [0.05, 0.1) is 11.7 Å². The van der Waals surface area contributed by atoms with E-state index >= 15 is 0 Å². The zero-order valence-electron chi connectivity index (χ0n) is 12.7. The van der Waals surface area contributed by atoms with Crippen LogP contribution >= 0.6 is 0 Å². The number of hydrogen-bond donors (Lipinski definition) is 2. The van der Waals surface area contributed by atoms with Crippen molar-refractivity contribution in [2.45, 2.75) is 71.4 Å². The summed E-state index contributed by atoms with van der Waals surface area (Å²) in [5.74, 6) is 6.50. The summed E-state index contributed by atoms with van der Waals surface area (Å²) >= 11 is 0. The molecule has 0 saturated heterocycles. The smallest absolute Gasteiger partial charge is 0.161 e. The second-order valence-corrected chi connectivity index (χ2v) is 5.46. The van der Waals surface area contributed by atoms with Gasteiger partial charge in [0.1, 0.15) is 5.69 Å². The van der Waals surface area contributed by atoms with Crippen molar-refractivity contribution in [2.75, 3.05) is 0 Å². The van der Waals surface area contributed by atoms with Gasteiger partial charge in [-0.2, -0.15) is 5.10 Å². The maximum Gasteiger partial charge on any atom is 0.161 e. The monoisotopic (exact) mass is 277 g/mol. The summed E-state index contributed by atoms with van der Waals surface area (Å²) in [7, 11) is 0. The molecular weight excluding hydrogens is 250 g/mol. The van der Waals surface area contributed by atoms with E-state index in [4.69, 9.17) is 10.8 Å². The van der Waals surface area contributed by atoms with Gasteiger partial charge in [0, 0.05) is 6.54 Å². The predicted octanol–water partition coefficient (Wildman–Crippen LogP) is 2.40. The van der Waals surface area contributed by atoms with Crippen molar-refractivity contribution >= 4 is 5.84 Å². The normalized spacial score (nSPS) is 18.1. The minimum absolute atomic E-state index is 0.397. The number of nitrogens with zero attached hydrogens (tertiary/aromatic N) is 3. The van der Waals surface area contributed by atoms with Crippen molar-refractivity contribution in [3.05, 3.63) is 17.5 Å². The lowest BCUT2D eigenvalue weighted by Crippen LogP contribution is -2.34. The van der Waals surface area contributed by atoms with Crippen LogP contribution in [0.15, 0.2) is 11.1 Å². The molecule has 0 aromatic carbocycles. The van der Waals surface area contributed by atoms with Crippen LogP contribution in [-0.2, 0) is 13.0 Å². The van der Waals surface area contributed by atoms with Crippen molar-refractivity contribution in [1.82, 2.24) is 15.2 Å². The third kappa shape index (κ3) is 3.60. The highest BCUT2D eigenvalue weighted by Gasteiger charge is 2.16. The summed E-state index contributed by atoms with van der Waals surface area (Å²) in [6.45, 7) is 5.04. The standard InChI is InChI=1S/C15H27N5/c1-3-12-11-14(20(4-2)19-12)15(18-16)17-13-9-7-5-6-8-10-13/h11,13H,3-10,16H2,1-2H3,(H,17,18). The molecule has 5 heteroatoms. The molecule has 1 aliphatic carbocycles. The summed E-state index contributed by atoms with van der Waals surface area (Å²) in [6.07, 6.45) is 8.51. The number of hydrogen-bond acceptors (Lipinski definition) is 3. The topological polar surface area (TPSA) is 68.2 Å². The van der Waals surface area contributed by atoms with Crippen molar-refractivity contribution in [3.63, 3.8) is 0 Å². The van der Waals surface area contributed by atoms with E-state index in [0.717, 1.165) is 30.2 Å². The Hall–Kier alpha value is -1.36. The lowest BCUT2D eigenvalue weighted by atomic mass is 10.1. The Balaban J connectivity index is 2.23. The average molecular weight is 277 g/mol. The van der Waals surface area contributed by atoms with Crippen LogP contribution in [0.3, 0.4) is 0 Å². The molecule has 2 rings (SSSR count). The molecule has 0 amide bonds. The summed E-state index contributed by atoms with van der Waals surface area (Å²) < 4.78 is 1.98. The molecule has 1 aromatic rings. The number of nitrogens with one attached hydrogen (secondary N) is 1. The molecule has 0 atom stereocenters. The van der Waals surface area contributed by atoms with Crippen LogP contribution in [0.5, 0.6) is 0 Å².